The van der Waals surface area contributed by atoms with Gasteiger partial charge in [-0.25, -0.2) is 0 Å². The highest BCUT2D eigenvalue weighted by molar-refractivity contribution is 6.02. The quantitative estimate of drug-likeness (QED) is 0.896. The van der Waals surface area contributed by atoms with Crippen molar-refractivity contribution in [2.24, 2.45) is 13.0 Å². The summed E-state index contributed by atoms with van der Waals surface area (Å²) in [7, 11) is 5.07. The van der Waals surface area contributed by atoms with Gasteiger partial charge in [0.2, 0.25) is 5.91 Å². The topological polar surface area (TPSA) is 67.2 Å². The van der Waals surface area contributed by atoms with Crippen LogP contribution in [0.4, 0.5) is 5.69 Å². The summed E-state index contributed by atoms with van der Waals surface area (Å²) in [5.74, 6) is -0.0487. The zero-order valence-corrected chi connectivity index (χ0v) is 12.4. The van der Waals surface area contributed by atoms with Gasteiger partial charge in [-0.15, -0.1) is 0 Å². The van der Waals surface area contributed by atoms with E-state index in [1.54, 1.807) is 25.8 Å². The van der Waals surface area contributed by atoms with Crippen LogP contribution in [0.3, 0.4) is 0 Å². The first kappa shape index (κ1) is 15.2. The van der Waals surface area contributed by atoms with Crippen LogP contribution in [-0.4, -0.2) is 40.6 Å². The van der Waals surface area contributed by atoms with Crippen molar-refractivity contribution >= 4 is 17.5 Å². The number of hydrogen-bond acceptors (Lipinski definition) is 3. The molecule has 106 valence electrons. The van der Waals surface area contributed by atoms with E-state index < -0.39 is 0 Å². The molecule has 0 saturated carbocycles. The molecule has 1 N–H and O–H groups in total. The summed E-state index contributed by atoms with van der Waals surface area (Å²) < 4.78 is 1.60. The number of nitrogens with zero attached hydrogens (tertiary/aromatic N) is 3. The molecule has 0 saturated heterocycles. The Balaban J connectivity index is 3.05. The monoisotopic (exact) mass is 266 g/mol. The van der Waals surface area contributed by atoms with Gasteiger partial charge in [-0.05, 0) is 12.8 Å². The van der Waals surface area contributed by atoms with Gasteiger partial charge in [0.15, 0.2) is 5.69 Å². The average molecular weight is 266 g/mol. The third kappa shape index (κ3) is 3.56. The Bertz CT molecular complexity index is 489. The van der Waals surface area contributed by atoms with Crippen molar-refractivity contribution in [2.45, 2.75) is 27.2 Å². The van der Waals surface area contributed by atoms with Gasteiger partial charge in [0, 0.05) is 27.6 Å². The molecule has 0 spiro atoms. The molecule has 0 atom stereocenters. The van der Waals surface area contributed by atoms with Crippen molar-refractivity contribution in [1.82, 2.24) is 14.7 Å². The smallest absolute Gasteiger partial charge is 0.276 e. The average Bonchev–Trinajstić information content (AvgIpc) is 2.55. The van der Waals surface area contributed by atoms with Crippen LogP contribution in [0.2, 0.25) is 0 Å². The number of carbonyl (C=O) groups excluding carboxylic acids is 2. The van der Waals surface area contributed by atoms with E-state index in [0.717, 1.165) is 5.69 Å². The molecular formula is C13H22N4O2. The van der Waals surface area contributed by atoms with Crippen LogP contribution in [-0.2, 0) is 11.8 Å². The second-order valence-corrected chi connectivity index (χ2v) is 5.28. The number of carbonyl (C=O) groups is 2. The molecule has 6 heteroatoms. The summed E-state index contributed by atoms with van der Waals surface area (Å²) in [5, 5.41) is 6.97. The van der Waals surface area contributed by atoms with E-state index in [1.165, 1.54) is 4.90 Å². The Morgan fingerprint density at radius 2 is 1.95 bits per heavy atom. The number of nitrogens with one attached hydrogen (secondary N) is 1. The third-order valence-electron chi connectivity index (χ3n) is 2.80. The Morgan fingerprint density at radius 3 is 2.42 bits per heavy atom. The summed E-state index contributed by atoms with van der Waals surface area (Å²) in [6.45, 7) is 5.77. The van der Waals surface area contributed by atoms with Crippen LogP contribution >= 0.6 is 0 Å². The van der Waals surface area contributed by atoms with Crippen molar-refractivity contribution in [3.05, 3.63) is 11.4 Å². The number of amides is 2. The van der Waals surface area contributed by atoms with Gasteiger partial charge in [-0.2, -0.15) is 5.10 Å². The second-order valence-electron chi connectivity index (χ2n) is 5.28. The molecule has 6 nitrogen and oxygen atoms in total. The molecule has 0 aliphatic rings. The predicted octanol–water partition coefficient (Wildman–Crippen LogP) is 1.41. The maximum atomic E-state index is 12.0. The molecule has 1 aromatic rings. The summed E-state index contributed by atoms with van der Waals surface area (Å²) in [6.07, 6.45) is 0.421. The number of aromatic nitrogens is 2. The van der Waals surface area contributed by atoms with E-state index in [9.17, 15) is 9.59 Å². The lowest BCUT2D eigenvalue weighted by atomic mass is 10.1. The fourth-order valence-corrected chi connectivity index (χ4v) is 1.68. The zero-order chi connectivity index (χ0) is 14.7. The largest absolute Gasteiger partial charge is 0.343 e. The Morgan fingerprint density at radius 1 is 1.37 bits per heavy atom. The van der Waals surface area contributed by atoms with Crippen LogP contribution in [0.15, 0.2) is 0 Å². The lowest BCUT2D eigenvalue weighted by molar-refractivity contribution is -0.116. The van der Waals surface area contributed by atoms with E-state index in [4.69, 9.17) is 0 Å². The second kappa shape index (κ2) is 5.86. The molecule has 0 aliphatic heterocycles. The van der Waals surface area contributed by atoms with Crippen molar-refractivity contribution in [1.29, 1.82) is 0 Å². The first-order chi connectivity index (χ1) is 8.73. The van der Waals surface area contributed by atoms with Gasteiger partial charge in [0.25, 0.3) is 5.91 Å². The summed E-state index contributed by atoms with van der Waals surface area (Å²) >= 11 is 0. The molecule has 0 radical (unpaired) electrons. The van der Waals surface area contributed by atoms with Gasteiger partial charge < -0.3 is 10.2 Å². The number of anilines is 1. The van der Waals surface area contributed by atoms with E-state index in [2.05, 4.69) is 10.4 Å². The standard InChI is InChI=1S/C13H22N4O2/c1-8(2)7-10(18)14-11-9(3)17(6)15-12(11)13(19)16(4)5/h8H,7H2,1-6H3,(H,14,18). The van der Waals surface area contributed by atoms with E-state index in [-0.39, 0.29) is 23.4 Å². The SMILES string of the molecule is Cc1c(NC(=O)CC(C)C)c(C(=O)N(C)C)nn1C. The number of hydrogen-bond donors (Lipinski definition) is 1. The molecule has 0 unspecified atom stereocenters. The van der Waals surface area contributed by atoms with Crippen molar-refractivity contribution in [3.63, 3.8) is 0 Å². The van der Waals surface area contributed by atoms with E-state index in [0.29, 0.717) is 12.1 Å². The minimum atomic E-state index is -0.219. The van der Waals surface area contributed by atoms with Gasteiger partial charge in [-0.1, -0.05) is 13.8 Å². The zero-order valence-electron chi connectivity index (χ0n) is 12.4. The van der Waals surface area contributed by atoms with Crippen molar-refractivity contribution < 1.29 is 9.59 Å². The maximum Gasteiger partial charge on any atom is 0.276 e. The van der Waals surface area contributed by atoms with Gasteiger partial charge in [0.1, 0.15) is 0 Å². The van der Waals surface area contributed by atoms with Crippen LogP contribution in [0.25, 0.3) is 0 Å². The van der Waals surface area contributed by atoms with Crippen LogP contribution in [0.1, 0.15) is 36.5 Å². The van der Waals surface area contributed by atoms with Gasteiger partial charge >= 0.3 is 0 Å². The molecule has 0 bridgehead atoms. The third-order valence-corrected chi connectivity index (χ3v) is 2.80. The number of rotatable bonds is 4. The fraction of sp³-hybridized carbons (Fsp3) is 0.615. The molecule has 1 rings (SSSR count). The Kier molecular flexibility index (Phi) is 4.69. The molecular weight excluding hydrogens is 244 g/mol. The molecule has 0 aliphatic carbocycles. The lowest BCUT2D eigenvalue weighted by Gasteiger charge is -2.11. The molecule has 1 heterocycles. The van der Waals surface area contributed by atoms with Gasteiger partial charge in [0.05, 0.1) is 11.4 Å². The highest BCUT2D eigenvalue weighted by Gasteiger charge is 2.22. The predicted molar refractivity (Wildman–Crippen MR) is 74.0 cm³/mol. The normalized spacial score (nSPS) is 10.7. The maximum absolute atomic E-state index is 12.0. The lowest BCUT2D eigenvalue weighted by Crippen LogP contribution is -2.24. The molecule has 0 fully saturated rings. The minimum absolute atomic E-state index is 0.0982. The molecule has 19 heavy (non-hydrogen) atoms. The van der Waals surface area contributed by atoms with Crippen molar-refractivity contribution in [2.75, 3.05) is 19.4 Å². The van der Waals surface area contributed by atoms with Crippen LogP contribution < -0.4 is 5.32 Å². The van der Waals surface area contributed by atoms with Gasteiger partial charge in [-0.3, -0.25) is 14.3 Å². The first-order valence-corrected chi connectivity index (χ1v) is 6.29. The highest BCUT2D eigenvalue weighted by atomic mass is 16.2. The summed E-state index contributed by atoms with van der Waals surface area (Å²) in [6, 6.07) is 0. The van der Waals surface area contributed by atoms with Crippen molar-refractivity contribution in [3.8, 4) is 0 Å². The van der Waals surface area contributed by atoms with Crippen LogP contribution in [0, 0.1) is 12.8 Å². The van der Waals surface area contributed by atoms with Crippen LogP contribution in [0.5, 0.6) is 0 Å². The fourth-order valence-electron chi connectivity index (χ4n) is 1.68. The summed E-state index contributed by atoms with van der Waals surface area (Å²) in [4.78, 5) is 25.3. The Labute approximate surface area is 113 Å². The molecule has 1 aromatic heterocycles. The minimum Gasteiger partial charge on any atom is -0.343 e. The van der Waals surface area contributed by atoms with E-state index in [1.807, 2.05) is 20.8 Å². The Hall–Kier alpha value is -1.85. The highest BCUT2D eigenvalue weighted by Crippen LogP contribution is 2.21. The summed E-state index contributed by atoms with van der Waals surface area (Å²) in [5.41, 5.74) is 1.55. The molecule has 0 aromatic carbocycles. The number of aryl methyl sites for hydroxylation is 1. The molecule has 2 amide bonds. The van der Waals surface area contributed by atoms with E-state index >= 15 is 0 Å². The first-order valence-electron chi connectivity index (χ1n) is 6.29.